The number of nitrogens with zero attached hydrogens (tertiary/aromatic N) is 2. The monoisotopic (exact) mass is 350 g/mol. The van der Waals surface area contributed by atoms with Crippen molar-refractivity contribution in [2.45, 2.75) is 6.17 Å². The first-order valence-corrected chi connectivity index (χ1v) is 8.28. The third kappa shape index (κ3) is 2.92. The van der Waals surface area contributed by atoms with Gasteiger partial charge in [-0.3, -0.25) is 0 Å². The number of amides is 1. The van der Waals surface area contributed by atoms with Crippen molar-refractivity contribution in [1.82, 2.24) is 0 Å². The maximum absolute atomic E-state index is 12.7. The van der Waals surface area contributed by atoms with Crippen LogP contribution < -0.4 is 9.96 Å². The summed E-state index contributed by atoms with van der Waals surface area (Å²) < 4.78 is 0. The molecule has 5 heteroatoms. The molecule has 1 aliphatic heterocycles. The highest BCUT2D eigenvalue weighted by Gasteiger charge is 2.42. The van der Waals surface area contributed by atoms with E-state index in [0.717, 1.165) is 16.9 Å². The quantitative estimate of drug-likeness (QED) is 0.632. The summed E-state index contributed by atoms with van der Waals surface area (Å²) in [6.45, 7) is 0. The Hall–Kier alpha value is -2.98. The highest BCUT2D eigenvalue weighted by atomic mass is 35.5. The van der Waals surface area contributed by atoms with Gasteiger partial charge in [-0.1, -0.05) is 60.1 Å². The predicted octanol–water partition coefficient (Wildman–Crippen LogP) is 5.42. The number of anilines is 2. The molecule has 1 atom stereocenters. The Kier molecular flexibility index (Phi) is 4.04. The van der Waals surface area contributed by atoms with Crippen LogP contribution in [0.4, 0.5) is 16.2 Å². The van der Waals surface area contributed by atoms with Gasteiger partial charge in [-0.25, -0.2) is 9.69 Å². The van der Waals surface area contributed by atoms with Crippen LogP contribution in [0.5, 0.6) is 0 Å². The Labute approximate surface area is 150 Å². The molecule has 0 saturated carbocycles. The number of halogens is 1. The van der Waals surface area contributed by atoms with Crippen molar-refractivity contribution in [3.8, 4) is 0 Å². The van der Waals surface area contributed by atoms with Crippen molar-refractivity contribution in [2.24, 2.45) is 0 Å². The average Bonchev–Trinajstić information content (AvgIpc) is 3.00. The molecule has 1 heterocycles. The first-order valence-electron chi connectivity index (χ1n) is 7.90. The molecule has 0 aromatic heterocycles. The molecular formula is C20H15ClN2O2. The second-order valence-corrected chi connectivity index (χ2v) is 6.09. The zero-order valence-electron chi connectivity index (χ0n) is 13.2. The van der Waals surface area contributed by atoms with E-state index in [0.29, 0.717) is 5.02 Å². The Bertz CT molecular complexity index is 886. The smallest absolute Gasteiger partial charge is 0.319 e. The summed E-state index contributed by atoms with van der Waals surface area (Å²) in [5, 5.41) is 2.22. The fourth-order valence-corrected chi connectivity index (χ4v) is 3.14. The summed E-state index contributed by atoms with van der Waals surface area (Å²) >= 11 is 6.18. The molecule has 3 aromatic rings. The van der Waals surface area contributed by atoms with E-state index in [4.69, 9.17) is 16.4 Å². The van der Waals surface area contributed by atoms with E-state index in [-0.39, 0.29) is 0 Å². The van der Waals surface area contributed by atoms with Gasteiger partial charge in [0.05, 0.1) is 5.69 Å². The van der Waals surface area contributed by atoms with Crippen LogP contribution in [0.15, 0.2) is 84.9 Å². The topological polar surface area (TPSA) is 32.8 Å². The van der Waals surface area contributed by atoms with Gasteiger partial charge in [-0.15, -0.1) is 0 Å². The Morgan fingerprint density at radius 3 is 2.08 bits per heavy atom. The first kappa shape index (κ1) is 15.5. The number of carbonyl (C=O) groups excluding carboxylic acids is 1. The standard InChI is InChI=1S/C20H15ClN2O2/c21-16-9-7-8-15(14-16)19-22(17-10-3-1-4-11-17)20(24)25-23(19)18-12-5-2-6-13-18/h1-14,19H/t19-/m1/s1. The van der Waals surface area contributed by atoms with E-state index in [2.05, 4.69) is 0 Å². The van der Waals surface area contributed by atoms with Crippen LogP contribution in [-0.2, 0) is 4.84 Å². The van der Waals surface area contributed by atoms with Crippen LogP contribution in [0.3, 0.4) is 0 Å². The van der Waals surface area contributed by atoms with Gasteiger partial charge in [0.1, 0.15) is 0 Å². The molecular weight excluding hydrogens is 336 g/mol. The lowest BCUT2D eigenvalue weighted by molar-refractivity contribution is 0.164. The van der Waals surface area contributed by atoms with E-state index < -0.39 is 12.3 Å². The van der Waals surface area contributed by atoms with Gasteiger partial charge in [-0.2, -0.15) is 5.06 Å². The molecule has 0 aliphatic carbocycles. The van der Waals surface area contributed by atoms with Gasteiger partial charge in [0.25, 0.3) is 0 Å². The molecule has 124 valence electrons. The second kappa shape index (κ2) is 6.49. The van der Waals surface area contributed by atoms with Gasteiger partial charge in [-0.05, 0) is 36.4 Å². The van der Waals surface area contributed by atoms with Gasteiger partial charge >= 0.3 is 6.09 Å². The minimum atomic E-state index is -0.448. The lowest BCUT2D eigenvalue weighted by Crippen LogP contribution is -2.31. The molecule has 0 radical (unpaired) electrons. The number of hydrogen-bond donors (Lipinski definition) is 0. The van der Waals surface area contributed by atoms with Crippen LogP contribution in [0.2, 0.25) is 5.02 Å². The fraction of sp³-hybridized carbons (Fsp3) is 0.0500. The molecule has 3 aromatic carbocycles. The van der Waals surface area contributed by atoms with Crippen LogP contribution >= 0.6 is 11.6 Å². The summed E-state index contributed by atoms with van der Waals surface area (Å²) in [5.41, 5.74) is 2.42. The number of hydroxylamine groups is 1. The predicted molar refractivity (Wildman–Crippen MR) is 98.5 cm³/mol. The second-order valence-electron chi connectivity index (χ2n) is 5.65. The van der Waals surface area contributed by atoms with Crippen LogP contribution in [0, 0.1) is 0 Å². The molecule has 1 amide bonds. The van der Waals surface area contributed by atoms with Gasteiger partial charge in [0, 0.05) is 16.3 Å². The van der Waals surface area contributed by atoms with E-state index in [9.17, 15) is 4.79 Å². The van der Waals surface area contributed by atoms with Gasteiger partial charge in [0.2, 0.25) is 0 Å². The Balaban J connectivity index is 1.84. The van der Waals surface area contributed by atoms with E-state index in [1.807, 2.05) is 84.9 Å². The van der Waals surface area contributed by atoms with Crippen molar-refractivity contribution >= 4 is 29.1 Å². The molecule has 0 bridgehead atoms. The summed E-state index contributed by atoms with van der Waals surface area (Å²) in [6, 6.07) is 26.5. The van der Waals surface area contributed by atoms with E-state index >= 15 is 0 Å². The van der Waals surface area contributed by atoms with Crippen molar-refractivity contribution in [2.75, 3.05) is 9.96 Å². The maximum Gasteiger partial charge on any atom is 0.440 e. The lowest BCUT2D eigenvalue weighted by Gasteiger charge is -2.27. The SMILES string of the molecule is O=C1ON(c2ccccc2)[C@H](c2cccc(Cl)c2)N1c1ccccc1. The first-order chi connectivity index (χ1) is 12.2. The summed E-state index contributed by atoms with van der Waals surface area (Å²) in [7, 11) is 0. The molecule has 4 nitrogen and oxygen atoms in total. The third-order valence-corrected chi connectivity index (χ3v) is 4.27. The van der Waals surface area contributed by atoms with Gasteiger partial charge < -0.3 is 4.84 Å². The summed E-state index contributed by atoms with van der Waals surface area (Å²) in [4.78, 5) is 19.9. The molecule has 0 N–H and O–H groups in total. The van der Waals surface area contributed by atoms with Gasteiger partial charge in [0.15, 0.2) is 6.17 Å². The summed E-state index contributed by atoms with van der Waals surface area (Å²) in [5.74, 6) is 0. The fourth-order valence-electron chi connectivity index (χ4n) is 2.94. The van der Waals surface area contributed by atoms with E-state index in [1.54, 1.807) is 9.96 Å². The number of benzene rings is 3. The third-order valence-electron chi connectivity index (χ3n) is 4.03. The number of rotatable bonds is 3. The highest BCUT2D eigenvalue weighted by molar-refractivity contribution is 6.30. The molecule has 1 fully saturated rings. The summed E-state index contributed by atoms with van der Waals surface area (Å²) in [6.07, 6.45) is -0.879. The number of hydrogen-bond acceptors (Lipinski definition) is 3. The van der Waals surface area contributed by atoms with Crippen molar-refractivity contribution in [3.63, 3.8) is 0 Å². The molecule has 4 rings (SSSR count). The number of para-hydroxylation sites is 2. The lowest BCUT2D eigenvalue weighted by atomic mass is 10.1. The number of carbonyl (C=O) groups is 1. The minimum Gasteiger partial charge on any atom is -0.319 e. The normalized spacial score (nSPS) is 16.8. The molecule has 25 heavy (non-hydrogen) atoms. The van der Waals surface area contributed by atoms with Crippen molar-refractivity contribution < 1.29 is 9.63 Å². The Morgan fingerprint density at radius 1 is 0.800 bits per heavy atom. The zero-order chi connectivity index (χ0) is 17.2. The van der Waals surface area contributed by atoms with E-state index in [1.165, 1.54) is 0 Å². The minimum absolute atomic E-state index is 0.431. The Morgan fingerprint density at radius 2 is 1.44 bits per heavy atom. The van der Waals surface area contributed by atoms with Crippen LogP contribution in [-0.4, -0.2) is 6.09 Å². The highest BCUT2D eigenvalue weighted by Crippen LogP contribution is 2.39. The molecule has 0 unspecified atom stereocenters. The average molecular weight is 351 g/mol. The van der Waals surface area contributed by atoms with Crippen LogP contribution in [0.25, 0.3) is 0 Å². The molecule has 1 saturated heterocycles. The zero-order valence-corrected chi connectivity index (χ0v) is 14.0. The molecule has 1 aliphatic rings. The molecule has 0 spiro atoms. The largest absolute Gasteiger partial charge is 0.440 e. The maximum atomic E-state index is 12.7. The van der Waals surface area contributed by atoms with Crippen molar-refractivity contribution in [1.29, 1.82) is 0 Å². The van der Waals surface area contributed by atoms with Crippen LogP contribution in [0.1, 0.15) is 11.7 Å². The van der Waals surface area contributed by atoms with Crippen molar-refractivity contribution in [3.05, 3.63) is 95.5 Å².